The number of tetrazole rings is 1. The maximum Gasteiger partial charge on any atom is 0.220 e. The van der Waals surface area contributed by atoms with Crippen LogP contribution in [-0.4, -0.2) is 39.2 Å². The zero-order valence-corrected chi connectivity index (χ0v) is 16.8. The molecule has 7 nitrogen and oxygen atoms in total. The molecule has 3 N–H and O–H groups in total. The summed E-state index contributed by atoms with van der Waals surface area (Å²) in [5.41, 5.74) is 7.80. The number of hydrogen-bond acceptors (Lipinski definition) is 4. The largest absolute Gasteiger partial charge is 0.369 e. The highest BCUT2D eigenvalue weighted by molar-refractivity contribution is 5.76. The molecule has 0 bridgehead atoms. The van der Waals surface area contributed by atoms with Gasteiger partial charge < -0.3 is 10.6 Å². The van der Waals surface area contributed by atoms with E-state index in [-0.39, 0.29) is 23.4 Å². The number of nitrogens with zero attached hydrogens (tertiary/aromatic N) is 4. The van der Waals surface area contributed by atoms with Gasteiger partial charge in [-0.05, 0) is 37.6 Å². The van der Waals surface area contributed by atoms with Crippen molar-refractivity contribution in [1.82, 2.24) is 20.2 Å². The van der Waals surface area contributed by atoms with Crippen molar-refractivity contribution in [2.24, 2.45) is 11.7 Å². The highest BCUT2D eigenvalue weighted by atomic mass is 16.1. The number of aryl methyl sites for hydroxylation is 1. The second-order valence-corrected chi connectivity index (χ2v) is 8.29. The Bertz CT molecular complexity index is 774. The van der Waals surface area contributed by atoms with Crippen LogP contribution in [-0.2, 0) is 10.3 Å². The topological polar surface area (TPSA) is 91.1 Å². The minimum atomic E-state index is -0.183. The first-order valence-corrected chi connectivity index (χ1v) is 9.82. The Morgan fingerprint density at radius 1 is 1.30 bits per heavy atom. The average molecular weight is 372 g/mol. The summed E-state index contributed by atoms with van der Waals surface area (Å²) in [6.07, 6.45) is 2.56. The molecule has 1 aliphatic heterocycles. The summed E-state index contributed by atoms with van der Waals surface area (Å²) in [7, 11) is 0. The number of carbonyl (C=O) groups is 1. The van der Waals surface area contributed by atoms with E-state index in [1.807, 2.05) is 4.68 Å². The van der Waals surface area contributed by atoms with Gasteiger partial charge in [-0.3, -0.25) is 4.79 Å². The van der Waals surface area contributed by atoms with Crippen LogP contribution in [0.25, 0.3) is 0 Å². The zero-order chi connectivity index (χ0) is 19.6. The van der Waals surface area contributed by atoms with E-state index in [0.29, 0.717) is 0 Å². The summed E-state index contributed by atoms with van der Waals surface area (Å²) in [6.45, 7) is 10.3. The van der Waals surface area contributed by atoms with E-state index < -0.39 is 0 Å². The Morgan fingerprint density at radius 3 is 2.48 bits per heavy atom. The molecule has 27 heavy (non-hydrogen) atoms. The number of nitrogens with one attached hydrogen (secondary N) is 1. The van der Waals surface area contributed by atoms with Crippen molar-refractivity contribution in [2.45, 2.75) is 58.5 Å². The molecular formula is C20H31N6O+. The highest BCUT2D eigenvalue weighted by Crippen LogP contribution is 2.25. The van der Waals surface area contributed by atoms with Crippen molar-refractivity contribution in [3.05, 3.63) is 41.2 Å². The Hall–Kier alpha value is -2.28. The van der Waals surface area contributed by atoms with Crippen molar-refractivity contribution >= 4 is 5.91 Å². The maximum atomic E-state index is 11.6. The van der Waals surface area contributed by atoms with Gasteiger partial charge in [0, 0.05) is 24.3 Å². The van der Waals surface area contributed by atoms with Crippen LogP contribution in [0.15, 0.2) is 24.3 Å². The van der Waals surface area contributed by atoms with Crippen LogP contribution >= 0.6 is 0 Å². The number of rotatable bonds is 6. The zero-order valence-electron chi connectivity index (χ0n) is 16.8. The number of benzene rings is 1. The molecule has 2 heterocycles. The lowest BCUT2D eigenvalue weighted by atomic mass is 9.92. The summed E-state index contributed by atoms with van der Waals surface area (Å²) >= 11 is 0. The maximum absolute atomic E-state index is 11.6. The summed E-state index contributed by atoms with van der Waals surface area (Å²) in [5, 5.41) is 12.8. The second-order valence-electron chi connectivity index (χ2n) is 8.29. The number of carbonyl (C=O) groups excluding carboxylic acids is 1. The van der Waals surface area contributed by atoms with Gasteiger partial charge in [0.05, 0.1) is 18.6 Å². The lowest BCUT2D eigenvalue weighted by Gasteiger charge is -2.35. The van der Waals surface area contributed by atoms with Gasteiger partial charge in [-0.2, -0.15) is 0 Å². The molecule has 1 amide bonds. The standard InChI is InChI=1S/C20H30N6O/c1-5-20(3,4)26-19(22-23-24-26)17(15-8-6-14(2)7-9-15)25-12-10-16(11-13-25)18(21)27/h6-9,16-17H,5,10-13H2,1-4H3,(H2,21,27)/p+1/t17-/m1/s1. The molecule has 1 aromatic carbocycles. The van der Waals surface area contributed by atoms with Gasteiger partial charge in [0.1, 0.15) is 0 Å². The molecule has 1 saturated heterocycles. The predicted molar refractivity (Wildman–Crippen MR) is 103 cm³/mol. The van der Waals surface area contributed by atoms with E-state index in [2.05, 4.69) is 67.5 Å². The smallest absolute Gasteiger partial charge is 0.220 e. The molecule has 146 valence electrons. The highest BCUT2D eigenvalue weighted by Gasteiger charge is 2.38. The fourth-order valence-corrected chi connectivity index (χ4v) is 3.84. The summed E-state index contributed by atoms with van der Waals surface area (Å²) in [5.74, 6) is 0.687. The number of nitrogens with two attached hydrogens (primary N) is 1. The van der Waals surface area contributed by atoms with E-state index in [0.717, 1.165) is 38.2 Å². The van der Waals surface area contributed by atoms with E-state index in [9.17, 15) is 4.79 Å². The Kier molecular flexibility index (Phi) is 5.60. The van der Waals surface area contributed by atoms with Crippen LogP contribution in [0.3, 0.4) is 0 Å². The monoisotopic (exact) mass is 371 g/mol. The molecule has 1 aliphatic rings. The van der Waals surface area contributed by atoms with Crippen LogP contribution < -0.4 is 10.6 Å². The van der Waals surface area contributed by atoms with Crippen LogP contribution in [0.1, 0.15) is 63.0 Å². The molecule has 0 radical (unpaired) electrons. The van der Waals surface area contributed by atoms with Crippen molar-refractivity contribution in [1.29, 1.82) is 0 Å². The number of hydrogen-bond donors (Lipinski definition) is 2. The Balaban J connectivity index is 1.99. The molecular weight excluding hydrogens is 340 g/mol. The average Bonchev–Trinajstić information content (AvgIpc) is 3.14. The van der Waals surface area contributed by atoms with Crippen molar-refractivity contribution in [2.75, 3.05) is 13.1 Å². The molecule has 0 spiro atoms. The molecule has 7 heteroatoms. The van der Waals surface area contributed by atoms with Gasteiger partial charge in [-0.1, -0.05) is 36.8 Å². The predicted octanol–water partition coefficient (Wildman–Crippen LogP) is 0.996. The molecule has 0 unspecified atom stereocenters. The molecule has 1 aromatic heterocycles. The quantitative estimate of drug-likeness (QED) is 0.792. The Labute approximate surface area is 160 Å². The van der Waals surface area contributed by atoms with Crippen molar-refractivity contribution in [3.8, 4) is 0 Å². The molecule has 2 aromatic rings. The van der Waals surface area contributed by atoms with Gasteiger partial charge in [0.15, 0.2) is 6.04 Å². The summed E-state index contributed by atoms with van der Waals surface area (Å²) < 4.78 is 1.98. The molecule has 0 saturated carbocycles. The van der Waals surface area contributed by atoms with Crippen LogP contribution in [0, 0.1) is 12.8 Å². The first-order valence-electron chi connectivity index (χ1n) is 9.82. The molecule has 0 aliphatic carbocycles. The third-order valence-electron chi connectivity index (χ3n) is 6.04. The first-order chi connectivity index (χ1) is 12.8. The lowest BCUT2D eigenvalue weighted by molar-refractivity contribution is -0.931. The van der Waals surface area contributed by atoms with Crippen LogP contribution in [0.4, 0.5) is 0 Å². The third-order valence-corrected chi connectivity index (χ3v) is 6.04. The Morgan fingerprint density at radius 2 is 1.93 bits per heavy atom. The SMILES string of the molecule is CCC(C)(C)n1nnnc1[C@@H](c1ccc(C)cc1)[NH+]1CCC(C(N)=O)CC1. The molecule has 3 rings (SSSR count). The van der Waals surface area contributed by atoms with Gasteiger partial charge in [-0.15, -0.1) is 5.10 Å². The molecule has 1 fully saturated rings. The van der Waals surface area contributed by atoms with Gasteiger partial charge in [0.2, 0.25) is 11.7 Å². The number of quaternary nitrogens is 1. The number of primary amides is 1. The van der Waals surface area contributed by atoms with E-state index in [1.165, 1.54) is 16.0 Å². The van der Waals surface area contributed by atoms with Gasteiger partial charge >= 0.3 is 0 Å². The number of piperidine rings is 1. The fourth-order valence-electron chi connectivity index (χ4n) is 3.84. The summed E-state index contributed by atoms with van der Waals surface area (Å²) in [6, 6.07) is 8.66. The van der Waals surface area contributed by atoms with Crippen molar-refractivity contribution in [3.63, 3.8) is 0 Å². The third kappa shape index (κ3) is 4.03. The van der Waals surface area contributed by atoms with Gasteiger partial charge in [0.25, 0.3) is 0 Å². The summed E-state index contributed by atoms with van der Waals surface area (Å²) in [4.78, 5) is 13.0. The number of aromatic nitrogens is 4. The molecule has 1 atom stereocenters. The van der Waals surface area contributed by atoms with E-state index >= 15 is 0 Å². The van der Waals surface area contributed by atoms with E-state index in [4.69, 9.17) is 5.73 Å². The van der Waals surface area contributed by atoms with Crippen molar-refractivity contribution < 1.29 is 9.69 Å². The van der Waals surface area contributed by atoms with Gasteiger partial charge in [-0.25, -0.2) is 4.68 Å². The van der Waals surface area contributed by atoms with E-state index in [1.54, 1.807) is 0 Å². The second kappa shape index (κ2) is 7.76. The number of likely N-dealkylation sites (tertiary alicyclic amines) is 1. The fraction of sp³-hybridized carbons (Fsp3) is 0.600. The number of amides is 1. The minimum Gasteiger partial charge on any atom is -0.369 e. The van der Waals surface area contributed by atoms with Crippen LogP contribution in [0.2, 0.25) is 0 Å². The lowest BCUT2D eigenvalue weighted by Crippen LogP contribution is -3.13. The first kappa shape index (κ1) is 19.5. The van der Waals surface area contributed by atoms with Crippen LogP contribution in [0.5, 0.6) is 0 Å². The normalized spacial score (nSPS) is 21.8. The minimum absolute atomic E-state index is 0.0181.